The van der Waals surface area contributed by atoms with Gasteiger partial charge in [-0.2, -0.15) is 0 Å². The van der Waals surface area contributed by atoms with Crippen LogP contribution in [0.2, 0.25) is 0 Å². The Morgan fingerprint density at radius 1 is 0.944 bits per heavy atom. The van der Waals surface area contributed by atoms with E-state index in [0.29, 0.717) is 18.5 Å². The number of carbonyl (C=O) groups is 2. The van der Waals surface area contributed by atoms with E-state index in [-0.39, 0.29) is 36.4 Å². The Bertz CT molecular complexity index is 1180. The molecule has 188 valence electrons. The molecule has 0 aliphatic carbocycles. The summed E-state index contributed by atoms with van der Waals surface area (Å²) in [6.45, 7) is 4.69. The molecule has 7 nitrogen and oxygen atoms in total. The van der Waals surface area contributed by atoms with Gasteiger partial charge < -0.3 is 10.2 Å². The van der Waals surface area contributed by atoms with Crippen LogP contribution >= 0.6 is 15.9 Å². The second kappa shape index (κ2) is 13.0. The summed E-state index contributed by atoms with van der Waals surface area (Å²) in [5.74, 6) is -0.359. The number of benzene rings is 3. The molecule has 0 radical (unpaired) electrons. The lowest BCUT2D eigenvalue weighted by Crippen LogP contribution is -2.51. The molecule has 36 heavy (non-hydrogen) atoms. The van der Waals surface area contributed by atoms with Crippen molar-refractivity contribution in [3.05, 3.63) is 110 Å². The van der Waals surface area contributed by atoms with Crippen LogP contribution < -0.4 is 5.32 Å². The number of nitro benzene ring substituents is 1. The van der Waals surface area contributed by atoms with E-state index >= 15 is 0 Å². The van der Waals surface area contributed by atoms with E-state index in [1.807, 2.05) is 68.4 Å². The highest BCUT2D eigenvalue weighted by molar-refractivity contribution is 9.10. The second-order valence-electron chi connectivity index (χ2n) is 9.06. The van der Waals surface area contributed by atoms with Crippen molar-refractivity contribution in [2.45, 2.75) is 39.3 Å². The van der Waals surface area contributed by atoms with Crippen LogP contribution in [0.1, 0.15) is 30.5 Å². The minimum absolute atomic E-state index is 0.113. The molecule has 0 bridgehead atoms. The maximum Gasteiger partial charge on any atom is 0.273 e. The lowest BCUT2D eigenvalue weighted by Gasteiger charge is -2.32. The third-order valence-electron chi connectivity index (χ3n) is 5.75. The van der Waals surface area contributed by atoms with Gasteiger partial charge in [-0.15, -0.1) is 0 Å². The van der Waals surface area contributed by atoms with E-state index in [9.17, 15) is 19.7 Å². The molecule has 0 fully saturated rings. The van der Waals surface area contributed by atoms with Crippen molar-refractivity contribution in [3.8, 4) is 0 Å². The fourth-order valence-corrected chi connectivity index (χ4v) is 4.13. The summed E-state index contributed by atoms with van der Waals surface area (Å²) in [7, 11) is 0. The molecule has 1 N–H and O–H groups in total. The molecule has 3 rings (SSSR count). The predicted octanol–water partition coefficient (Wildman–Crippen LogP) is 5.31. The van der Waals surface area contributed by atoms with E-state index in [1.54, 1.807) is 23.1 Å². The second-order valence-corrected chi connectivity index (χ2v) is 9.97. The molecule has 0 heterocycles. The lowest BCUT2D eigenvalue weighted by atomic mass is 10.0. The minimum atomic E-state index is -0.787. The van der Waals surface area contributed by atoms with Crippen molar-refractivity contribution < 1.29 is 14.5 Å². The molecular weight excluding hydrogens is 522 g/mol. The van der Waals surface area contributed by atoms with E-state index < -0.39 is 11.0 Å². The summed E-state index contributed by atoms with van der Waals surface area (Å²) in [6.07, 6.45) is 0.139. The van der Waals surface area contributed by atoms with Crippen LogP contribution in [0.3, 0.4) is 0 Å². The number of carbonyl (C=O) groups excluding carboxylic acids is 2. The first kappa shape index (κ1) is 27.1. The molecular formula is C28H30BrN3O4. The van der Waals surface area contributed by atoms with Crippen LogP contribution in [-0.4, -0.2) is 34.2 Å². The Hall–Kier alpha value is -3.52. The number of hydrogen-bond acceptors (Lipinski definition) is 4. The first-order chi connectivity index (χ1) is 17.2. The molecule has 1 unspecified atom stereocenters. The highest BCUT2D eigenvalue weighted by Crippen LogP contribution is 2.22. The average Bonchev–Trinajstić information content (AvgIpc) is 2.86. The number of nitro groups is 1. The summed E-state index contributed by atoms with van der Waals surface area (Å²) in [6, 6.07) is 22.5. The Balaban J connectivity index is 1.99. The topological polar surface area (TPSA) is 92.6 Å². The van der Waals surface area contributed by atoms with Crippen LogP contribution in [0.25, 0.3) is 0 Å². The third kappa shape index (κ3) is 7.75. The van der Waals surface area contributed by atoms with E-state index in [0.717, 1.165) is 15.6 Å². The molecule has 0 aliphatic heterocycles. The zero-order valence-electron chi connectivity index (χ0n) is 20.4. The average molecular weight is 552 g/mol. The van der Waals surface area contributed by atoms with Gasteiger partial charge in [-0.25, -0.2) is 0 Å². The third-order valence-corrected chi connectivity index (χ3v) is 6.28. The summed E-state index contributed by atoms with van der Waals surface area (Å²) in [5.41, 5.74) is 1.97. The molecule has 0 aliphatic rings. The highest BCUT2D eigenvalue weighted by atomic mass is 79.9. The van der Waals surface area contributed by atoms with Crippen molar-refractivity contribution in [2.75, 3.05) is 6.54 Å². The summed E-state index contributed by atoms with van der Waals surface area (Å²) < 4.78 is 0.902. The standard InChI is InChI=1S/C28H30BrN3O4/c1-20(2)18-30-28(34)26(16-21-8-4-3-5-9-21)31(19-22-12-14-24(29)15-13-22)27(33)17-23-10-6-7-11-25(23)32(35)36/h3-15,20,26H,16-19H2,1-2H3,(H,30,34). The van der Waals surface area contributed by atoms with Crippen molar-refractivity contribution in [1.82, 2.24) is 10.2 Å². The largest absolute Gasteiger partial charge is 0.354 e. The van der Waals surface area contributed by atoms with Gasteiger partial charge in [-0.1, -0.05) is 90.4 Å². The van der Waals surface area contributed by atoms with Gasteiger partial charge in [0.25, 0.3) is 5.69 Å². The van der Waals surface area contributed by atoms with E-state index in [1.165, 1.54) is 6.07 Å². The van der Waals surface area contributed by atoms with E-state index in [2.05, 4.69) is 21.2 Å². The number of amides is 2. The fraction of sp³-hybridized carbons (Fsp3) is 0.286. The number of hydrogen-bond donors (Lipinski definition) is 1. The number of para-hydroxylation sites is 1. The molecule has 1 atom stereocenters. The van der Waals surface area contributed by atoms with Crippen molar-refractivity contribution in [2.24, 2.45) is 5.92 Å². The molecule has 0 spiro atoms. The van der Waals surface area contributed by atoms with Crippen LogP contribution in [0, 0.1) is 16.0 Å². The van der Waals surface area contributed by atoms with Crippen LogP contribution in [-0.2, 0) is 29.0 Å². The number of rotatable bonds is 11. The summed E-state index contributed by atoms with van der Waals surface area (Å²) in [5, 5.41) is 14.5. The number of nitrogens with one attached hydrogen (secondary N) is 1. The zero-order valence-corrected chi connectivity index (χ0v) is 22.0. The normalized spacial score (nSPS) is 11.7. The van der Waals surface area contributed by atoms with Crippen molar-refractivity contribution in [3.63, 3.8) is 0 Å². The van der Waals surface area contributed by atoms with Crippen molar-refractivity contribution >= 4 is 33.4 Å². The van der Waals surface area contributed by atoms with Crippen LogP contribution in [0.15, 0.2) is 83.3 Å². The maximum atomic E-state index is 13.7. The van der Waals surface area contributed by atoms with E-state index in [4.69, 9.17) is 0 Å². The van der Waals surface area contributed by atoms with Gasteiger partial charge in [0.2, 0.25) is 11.8 Å². The number of halogens is 1. The van der Waals surface area contributed by atoms with Gasteiger partial charge in [0.05, 0.1) is 11.3 Å². The smallest absolute Gasteiger partial charge is 0.273 e. The van der Waals surface area contributed by atoms with Crippen molar-refractivity contribution in [1.29, 1.82) is 0 Å². The predicted molar refractivity (Wildman–Crippen MR) is 143 cm³/mol. The molecule has 0 aromatic heterocycles. The van der Waals surface area contributed by atoms with Gasteiger partial charge in [0.1, 0.15) is 6.04 Å². The van der Waals surface area contributed by atoms with Gasteiger partial charge in [-0.05, 0) is 29.2 Å². The molecule has 3 aromatic rings. The lowest BCUT2D eigenvalue weighted by molar-refractivity contribution is -0.385. The quantitative estimate of drug-likeness (QED) is 0.258. The van der Waals surface area contributed by atoms with Crippen LogP contribution in [0.4, 0.5) is 5.69 Å². The molecule has 0 saturated heterocycles. The molecule has 0 saturated carbocycles. The first-order valence-electron chi connectivity index (χ1n) is 11.8. The number of nitrogens with zero attached hydrogens (tertiary/aromatic N) is 2. The molecule has 3 aromatic carbocycles. The van der Waals surface area contributed by atoms with Crippen LogP contribution in [0.5, 0.6) is 0 Å². The maximum absolute atomic E-state index is 13.7. The monoisotopic (exact) mass is 551 g/mol. The molecule has 2 amide bonds. The minimum Gasteiger partial charge on any atom is -0.354 e. The zero-order chi connectivity index (χ0) is 26.1. The summed E-state index contributed by atoms with van der Waals surface area (Å²) in [4.78, 5) is 39.8. The Kier molecular flexibility index (Phi) is 9.76. The van der Waals surface area contributed by atoms with Gasteiger partial charge in [0.15, 0.2) is 0 Å². The fourth-order valence-electron chi connectivity index (χ4n) is 3.87. The summed E-state index contributed by atoms with van der Waals surface area (Å²) >= 11 is 3.43. The van der Waals surface area contributed by atoms with Gasteiger partial charge >= 0.3 is 0 Å². The Morgan fingerprint density at radius 3 is 2.22 bits per heavy atom. The first-order valence-corrected chi connectivity index (χ1v) is 12.6. The van der Waals surface area contributed by atoms with Gasteiger partial charge in [0, 0.05) is 35.6 Å². The SMILES string of the molecule is CC(C)CNC(=O)C(Cc1ccccc1)N(Cc1ccc(Br)cc1)C(=O)Cc1ccccc1[N+](=O)[O-]. The Labute approximate surface area is 219 Å². The van der Waals surface area contributed by atoms with Gasteiger partial charge in [-0.3, -0.25) is 19.7 Å². The molecule has 8 heteroatoms. The Morgan fingerprint density at radius 2 is 1.58 bits per heavy atom. The highest BCUT2D eigenvalue weighted by Gasteiger charge is 2.31.